The van der Waals surface area contributed by atoms with Crippen molar-refractivity contribution < 1.29 is 19.1 Å². The Morgan fingerprint density at radius 1 is 1.37 bits per heavy atom. The van der Waals surface area contributed by atoms with Gasteiger partial charge in [0.2, 0.25) is 0 Å². The summed E-state index contributed by atoms with van der Waals surface area (Å²) in [6.45, 7) is 3.62. The highest BCUT2D eigenvalue weighted by Crippen LogP contribution is 2.26. The Morgan fingerprint density at radius 3 is 2.89 bits per heavy atom. The van der Waals surface area contributed by atoms with Crippen LogP contribution in [0.25, 0.3) is 0 Å². The first kappa shape index (κ1) is 14.2. The molecule has 0 saturated heterocycles. The molecule has 0 aromatic heterocycles. The fraction of sp³-hybridized carbons (Fsp3) is 0.714. The number of ether oxygens (including phenoxy) is 2. The quantitative estimate of drug-likeness (QED) is 0.734. The van der Waals surface area contributed by atoms with Crippen LogP contribution in [0.4, 0.5) is 0 Å². The third-order valence-corrected chi connectivity index (χ3v) is 3.58. The third-order valence-electron chi connectivity index (χ3n) is 3.58. The predicted octanol–water partition coefficient (Wildman–Crippen LogP) is 1.18. The lowest BCUT2D eigenvalue weighted by atomic mass is 9.88. The zero-order chi connectivity index (χ0) is 13.7. The minimum atomic E-state index is -0.349. The van der Waals surface area contributed by atoms with Crippen molar-refractivity contribution in [2.75, 3.05) is 19.8 Å². The van der Waals surface area contributed by atoms with Gasteiger partial charge in [0, 0.05) is 24.9 Å². The maximum absolute atomic E-state index is 11.3. The van der Waals surface area contributed by atoms with Crippen LogP contribution in [0.5, 0.6) is 0 Å². The molecule has 1 unspecified atom stereocenters. The van der Waals surface area contributed by atoms with Gasteiger partial charge in [-0.15, -0.1) is 0 Å². The predicted molar refractivity (Wildman–Crippen MR) is 69.4 cm³/mol. The van der Waals surface area contributed by atoms with E-state index in [1.54, 1.807) is 0 Å². The molecule has 5 heteroatoms. The van der Waals surface area contributed by atoms with Crippen molar-refractivity contribution in [3.05, 3.63) is 11.6 Å². The van der Waals surface area contributed by atoms with Gasteiger partial charge in [0.05, 0.1) is 12.7 Å². The van der Waals surface area contributed by atoms with E-state index in [9.17, 15) is 9.59 Å². The average Bonchev–Trinajstić information content (AvgIpc) is 2.69. The molecule has 106 valence electrons. The van der Waals surface area contributed by atoms with Gasteiger partial charge in [-0.05, 0) is 32.1 Å². The van der Waals surface area contributed by atoms with Gasteiger partial charge in [0.1, 0.15) is 0 Å². The molecule has 0 aromatic carbocycles. The second-order valence-electron chi connectivity index (χ2n) is 5.11. The van der Waals surface area contributed by atoms with E-state index < -0.39 is 0 Å². The number of rotatable bonds is 6. The smallest absolute Gasteiger partial charge is 0.256 e. The summed E-state index contributed by atoms with van der Waals surface area (Å²) in [6, 6.07) is 0. The Hall–Kier alpha value is -1.20. The lowest BCUT2D eigenvalue weighted by Gasteiger charge is -2.28. The number of imide groups is 1. The molecule has 1 N–H and O–H groups in total. The summed E-state index contributed by atoms with van der Waals surface area (Å²) in [5.74, 6) is -0.190. The lowest BCUT2D eigenvalue weighted by molar-refractivity contribution is -0.124. The minimum Gasteiger partial charge on any atom is -0.378 e. The molecule has 1 aliphatic heterocycles. The van der Waals surface area contributed by atoms with E-state index in [0.717, 1.165) is 25.9 Å². The van der Waals surface area contributed by atoms with Gasteiger partial charge < -0.3 is 9.47 Å². The molecule has 0 radical (unpaired) electrons. The van der Waals surface area contributed by atoms with E-state index in [2.05, 4.69) is 5.32 Å². The van der Waals surface area contributed by atoms with Crippen LogP contribution in [0, 0.1) is 5.92 Å². The zero-order valence-electron chi connectivity index (χ0n) is 11.3. The van der Waals surface area contributed by atoms with Gasteiger partial charge in [0.15, 0.2) is 0 Å². The van der Waals surface area contributed by atoms with E-state index >= 15 is 0 Å². The van der Waals surface area contributed by atoms with Crippen LogP contribution < -0.4 is 5.32 Å². The molecular weight excluding hydrogens is 246 g/mol. The normalized spacial score (nSPS) is 27.3. The maximum Gasteiger partial charge on any atom is 0.256 e. The number of nitrogens with one attached hydrogen (secondary N) is 1. The van der Waals surface area contributed by atoms with E-state index in [4.69, 9.17) is 9.47 Å². The molecule has 2 amide bonds. The number of amides is 2. The first-order valence-electron chi connectivity index (χ1n) is 6.94. The van der Waals surface area contributed by atoms with Gasteiger partial charge >= 0.3 is 0 Å². The molecule has 1 heterocycles. The Bertz CT molecular complexity index is 376. The van der Waals surface area contributed by atoms with Gasteiger partial charge in [-0.2, -0.15) is 0 Å². The Labute approximate surface area is 113 Å². The second-order valence-corrected chi connectivity index (χ2v) is 5.11. The van der Waals surface area contributed by atoms with Crippen LogP contribution in [0.15, 0.2) is 11.6 Å². The molecule has 1 fully saturated rings. The Kier molecular flexibility index (Phi) is 5.10. The summed E-state index contributed by atoms with van der Waals surface area (Å²) in [7, 11) is 0. The van der Waals surface area contributed by atoms with Crippen molar-refractivity contribution in [3.63, 3.8) is 0 Å². The first-order valence-corrected chi connectivity index (χ1v) is 6.94. The Balaban J connectivity index is 1.69. The largest absolute Gasteiger partial charge is 0.378 e. The minimum absolute atomic E-state index is 0.216. The SMILES string of the molecule is CCOC1CCC[C@H](COCC2=CC(=O)NC2=O)C1. The van der Waals surface area contributed by atoms with E-state index in [1.165, 1.54) is 12.5 Å². The second kappa shape index (κ2) is 6.82. The molecule has 0 spiro atoms. The summed E-state index contributed by atoms with van der Waals surface area (Å²) >= 11 is 0. The molecule has 2 atom stereocenters. The van der Waals surface area contributed by atoms with Crippen LogP contribution in [0.1, 0.15) is 32.6 Å². The van der Waals surface area contributed by atoms with Crippen LogP contribution in [-0.4, -0.2) is 37.7 Å². The van der Waals surface area contributed by atoms with Gasteiger partial charge in [0.25, 0.3) is 11.8 Å². The average molecular weight is 267 g/mol. The summed E-state index contributed by atoms with van der Waals surface area (Å²) in [5, 5.41) is 2.21. The molecule has 2 aliphatic rings. The van der Waals surface area contributed by atoms with E-state index in [-0.39, 0.29) is 18.4 Å². The topological polar surface area (TPSA) is 64.6 Å². The van der Waals surface area contributed by atoms with E-state index in [0.29, 0.717) is 24.2 Å². The molecule has 0 aromatic rings. The molecular formula is C14H21NO4. The molecule has 5 nitrogen and oxygen atoms in total. The monoisotopic (exact) mass is 267 g/mol. The van der Waals surface area contributed by atoms with Crippen molar-refractivity contribution in [1.82, 2.24) is 5.32 Å². The highest BCUT2D eigenvalue weighted by molar-refractivity contribution is 6.16. The molecule has 19 heavy (non-hydrogen) atoms. The van der Waals surface area contributed by atoms with Crippen LogP contribution in [0.2, 0.25) is 0 Å². The first-order chi connectivity index (χ1) is 9.19. The summed E-state index contributed by atoms with van der Waals surface area (Å²) in [5.41, 5.74) is 0.419. The number of hydrogen-bond acceptors (Lipinski definition) is 4. The highest BCUT2D eigenvalue weighted by atomic mass is 16.5. The molecule has 1 aliphatic carbocycles. The Morgan fingerprint density at radius 2 is 2.21 bits per heavy atom. The van der Waals surface area contributed by atoms with Crippen LogP contribution >= 0.6 is 0 Å². The highest BCUT2D eigenvalue weighted by Gasteiger charge is 2.24. The fourth-order valence-corrected chi connectivity index (χ4v) is 2.67. The summed E-state index contributed by atoms with van der Waals surface area (Å²) in [6.07, 6.45) is 6.13. The van der Waals surface area contributed by atoms with Gasteiger partial charge in [-0.3, -0.25) is 14.9 Å². The molecule has 2 rings (SSSR count). The van der Waals surface area contributed by atoms with Gasteiger partial charge in [-0.25, -0.2) is 0 Å². The fourth-order valence-electron chi connectivity index (χ4n) is 2.67. The van der Waals surface area contributed by atoms with Crippen molar-refractivity contribution in [1.29, 1.82) is 0 Å². The van der Waals surface area contributed by atoms with Crippen LogP contribution in [0.3, 0.4) is 0 Å². The van der Waals surface area contributed by atoms with Crippen molar-refractivity contribution in [2.45, 2.75) is 38.7 Å². The number of carbonyl (C=O) groups is 2. The lowest BCUT2D eigenvalue weighted by Crippen LogP contribution is -2.27. The standard InChI is InChI=1S/C14H21NO4/c1-2-19-12-5-3-4-10(6-12)8-18-9-11-7-13(16)15-14(11)17/h7,10,12H,2-6,8-9H2,1H3,(H,15,16,17)/t10-,12?/m0/s1. The maximum atomic E-state index is 11.3. The summed E-state index contributed by atoms with van der Waals surface area (Å²) < 4.78 is 11.2. The van der Waals surface area contributed by atoms with E-state index in [1.807, 2.05) is 6.92 Å². The van der Waals surface area contributed by atoms with Crippen molar-refractivity contribution in [2.24, 2.45) is 5.92 Å². The van der Waals surface area contributed by atoms with Gasteiger partial charge in [-0.1, -0.05) is 6.42 Å². The van der Waals surface area contributed by atoms with Crippen LogP contribution in [-0.2, 0) is 19.1 Å². The van der Waals surface area contributed by atoms with Crippen molar-refractivity contribution in [3.8, 4) is 0 Å². The third kappa shape index (κ3) is 4.14. The molecule has 1 saturated carbocycles. The molecule has 0 bridgehead atoms. The summed E-state index contributed by atoms with van der Waals surface area (Å²) in [4.78, 5) is 22.3. The zero-order valence-corrected chi connectivity index (χ0v) is 11.3. The van der Waals surface area contributed by atoms with Crippen molar-refractivity contribution >= 4 is 11.8 Å². The number of carbonyl (C=O) groups excluding carboxylic acids is 2. The number of hydrogen-bond donors (Lipinski definition) is 1.